The van der Waals surface area contributed by atoms with E-state index < -0.39 is 5.91 Å². The van der Waals surface area contributed by atoms with Crippen LogP contribution in [0.1, 0.15) is 21.5 Å². The molecule has 0 aliphatic heterocycles. The first kappa shape index (κ1) is 14.3. The number of carbonyl (C=O) groups excluding carboxylic acids is 1. The molecule has 2 rings (SSSR count). The molecule has 0 radical (unpaired) electrons. The van der Waals surface area contributed by atoms with Crippen LogP contribution in [-0.2, 0) is 6.54 Å². The van der Waals surface area contributed by atoms with E-state index in [0.29, 0.717) is 5.56 Å². The van der Waals surface area contributed by atoms with Gasteiger partial charge in [-0.3, -0.25) is 4.79 Å². The van der Waals surface area contributed by atoms with Gasteiger partial charge in [0.15, 0.2) is 0 Å². The van der Waals surface area contributed by atoms with Gasteiger partial charge in [0.25, 0.3) is 0 Å². The van der Waals surface area contributed by atoms with Crippen LogP contribution in [0.4, 0.5) is 0 Å². The second kappa shape index (κ2) is 5.88. The highest BCUT2D eigenvalue weighted by molar-refractivity contribution is 5.94. The predicted molar refractivity (Wildman–Crippen MR) is 82.5 cm³/mol. The fourth-order valence-corrected chi connectivity index (χ4v) is 2.33. The summed E-state index contributed by atoms with van der Waals surface area (Å²) >= 11 is 0. The van der Waals surface area contributed by atoms with E-state index in [0.717, 1.165) is 23.2 Å². The van der Waals surface area contributed by atoms with E-state index in [1.54, 1.807) is 6.07 Å². The molecule has 0 heterocycles. The minimum absolute atomic E-state index is 0.392. The minimum Gasteiger partial charge on any atom is -0.366 e. The molecule has 0 bridgehead atoms. The number of nitrogens with zero attached hydrogens (tertiary/aromatic N) is 1. The quantitative estimate of drug-likeness (QED) is 0.926. The molecule has 0 aliphatic carbocycles. The van der Waals surface area contributed by atoms with Crippen molar-refractivity contribution in [3.8, 4) is 11.1 Å². The van der Waals surface area contributed by atoms with Crippen LogP contribution in [0.25, 0.3) is 11.1 Å². The summed E-state index contributed by atoms with van der Waals surface area (Å²) in [5.41, 5.74) is 10.5. The molecular formula is C17H20N2O. The molecule has 0 saturated heterocycles. The van der Waals surface area contributed by atoms with E-state index in [1.807, 2.05) is 45.3 Å². The Hall–Kier alpha value is -2.13. The topological polar surface area (TPSA) is 46.3 Å². The van der Waals surface area contributed by atoms with Crippen molar-refractivity contribution in [2.24, 2.45) is 5.73 Å². The Bertz CT molecular complexity index is 633. The molecule has 0 saturated carbocycles. The number of hydrogen-bond acceptors (Lipinski definition) is 2. The zero-order valence-electron chi connectivity index (χ0n) is 12.2. The molecule has 104 valence electrons. The van der Waals surface area contributed by atoms with Crippen molar-refractivity contribution in [3.05, 3.63) is 59.2 Å². The summed E-state index contributed by atoms with van der Waals surface area (Å²) in [4.78, 5) is 13.5. The third-order valence-electron chi connectivity index (χ3n) is 3.32. The summed E-state index contributed by atoms with van der Waals surface area (Å²) in [6.45, 7) is 2.91. The van der Waals surface area contributed by atoms with Crippen LogP contribution in [-0.4, -0.2) is 24.9 Å². The summed E-state index contributed by atoms with van der Waals surface area (Å²) in [5, 5.41) is 0. The van der Waals surface area contributed by atoms with Gasteiger partial charge in [-0.25, -0.2) is 0 Å². The highest BCUT2D eigenvalue weighted by Gasteiger charge is 2.10. The largest absolute Gasteiger partial charge is 0.366 e. The van der Waals surface area contributed by atoms with Gasteiger partial charge in [-0.05, 0) is 55.4 Å². The Kier molecular flexibility index (Phi) is 4.20. The van der Waals surface area contributed by atoms with E-state index in [-0.39, 0.29) is 0 Å². The molecule has 0 fully saturated rings. The summed E-state index contributed by atoms with van der Waals surface area (Å²) in [6, 6.07) is 13.9. The maximum absolute atomic E-state index is 11.4. The van der Waals surface area contributed by atoms with Gasteiger partial charge >= 0.3 is 0 Å². The summed E-state index contributed by atoms with van der Waals surface area (Å²) in [6.07, 6.45) is 0. The predicted octanol–water partition coefficient (Wildman–Crippen LogP) is 2.82. The Morgan fingerprint density at radius 2 is 1.80 bits per heavy atom. The molecule has 0 spiro atoms. The van der Waals surface area contributed by atoms with Crippen LogP contribution < -0.4 is 5.73 Å². The maximum Gasteiger partial charge on any atom is 0.248 e. The van der Waals surface area contributed by atoms with Gasteiger partial charge in [-0.15, -0.1) is 0 Å². The maximum atomic E-state index is 11.4. The Balaban J connectivity index is 2.56. The van der Waals surface area contributed by atoms with E-state index in [9.17, 15) is 4.79 Å². The molecule has 0 aliphatic rings. The second-order valence-electron chi connectivity index (χ2n) is 5.29. The van der Waals surface area contributed by atoms with Crippen LogP contribution >= 0.6 is 0 Å². The van der Waals surface area contributed by atoms with Gasteiger partial charge in [0, 0.05) is 12.1 Å². The van der Waals surface area contributed by atoms with Crippen molar-refractivity contribution >= 4 is 5.91 Å². The lowest BCUT2D eigenvalue weighted by Gasteiger charge is -2.16. The summed E-state index contributed by atoms with van der Waals surface area (Å²) < 4.78 is 0. The molecule has 0 unspecified atom stereocenters. The summed E-state index contributed by atoms with van der Waals surface area (Å²) in [7, 11) is 4.09. The number of hydrogen-bond donors (Lipinski definition) is 1. The first-order valence-electron chi connectivity index (χ1n) is 6.62. The monoisotopic (exact) mass is 268 g/mol. The summed E-state index contributed by atoms with van der Waals surface area (Å²) in [5.74, 6) is -0.392. The second-order valence-corrected chi connectivity index (χ2v) is 5.29. The van der Waals surface area contributed by atoms with Crippen LogP contribution in [0, 0.1) is 6.92 Å². The molecule has 3 heteroatoms. The lowest BCUT2D eigenvalue weighted by atomic mass is 9.94. The minimum atomic E-state index is -0.392. The van der Waals surface area contributed by atoms with Crippen molar-refractivity contribution in [1.82, 2.24) is 4.90 Å². The molecule has 0 aromatic heterocycles. The van der Waals surface area contributed by atoms with Crippen LogP contribution in [0.3, 0.4) is 0 Å². The van der Waals surface area contributed by atoms with Crippen molar-refractivity contribution in [3.63, 3.8) is 0 Å². The van der Waals surface area contributed by atoms with Crippen molar-refractivity contribution < 1.29 is 4.79 Å². The molecule has 2 aromatic rings. The van der Waals surface area contributed by atoms with Crippen LogP contribution in [0.15, 0.2) is 42.5 Å². The molecule has 3 nitrogen and oxygen atoms in total. The highest BCUT2D eigenvalue weighted by Crippen LogP contribution is 2.28. The van der Waals surface area contributed by atoms with Gasteiger partial charge in [0.1, 0.15) is 0 Å². The van der Waals surface area contributed by atoms with Crippen molar-refractivity contribution in [2.75, 3.05) is 14.1 Å². The molecule has 1 amide bonds. The highest BCUT2D eigenvalue weighted by atomic mass is 16.1. The van der Waals surface area contributed by atoms with Gasteiger partial charge in [0.05, 0.1) is 0 Å². The number of nitrogens with two attached hydrogens (primary N) is 1. The number of benzene rings is 2. The molecule has 2 N–H and O–H groups in total. The number of primary amides is 1. The number of aryl methyl sites for hydroxylation is 1. The fourth-order valence-electron chi connectivity index (χ4n) is 2.33. The van der Waals surface area contributed by atoms with E-state index >= 15 is 0 Å². The fraction of sp³-hybridized carbons (Fsp3) is 0.235. The third-order valence-corrected chi connectivity index (χ3v) is 3.32. The van der Waals surface area contributed by atoms with Gasteiger partial charge < -0.3 is 10.6 Å². The molecular weight excluding hydrogens is 248 g/mol. The van der Waals surface area contributed by atoms with Gasteiger partial charge in [-0.2, -0.15) is 0 Å². The molecule has 0 atom stereocenters. The van der Waals surface area contributed by atoms with Gasteiger partial charge in [-0.1, -0.05) is 30.3 Å². The smallest absolute Gasteiger partial charge is 0.248 e. The Morgan fingerprint density at radius 3 is 2.45 bits per heavy atom. The Morgan fingerprint density at radius 1 is 1.10 bits per heavy atom. The molecule has 20 heavy (non-hydrogen) atoms. The van der Waals surface area contributed by atoms with E-state index in [1.165, 1.54) is 5.56 Å². The first-order valence-corrected chi connectivity index (χ1v) is 6.62. The zero-order chi connectivity index (χ0) is 14.7. The Labute approximate surface area is 120 Å². The van der Waals surface area contributed by atoms with Crippen molar-refractivity contribution in [1.29, 1.82) is 0 Å². The zero-order valence-corrected chi connectivity index (χ0v) is 12.2. The first-order chi connectivity index (χ1) is 9.49. The van der Waals surface area contributed by atoms with Gasteiger partial charge in [0.2, 0.25) is 5.91 Å². The number of carbonyl (C=O) groups is 1. The van der Waals surface area contributed by atoms with E-state index in [2.05, 4.69) is 17.0 Å². The normalized spacial score (nSPS) is 10.8. The number of rotatable bonds is 4. The average molecular weight is 268 g/mol. The number of amides is 1. The average Bonchev–Trinajstić information content (AvgIpc) is 2.39. The molecule has 2 aromatic carbocycles. The SMILES string of the molecule is Cc1ccc(C(N)=O)cc1-c1ccccc1CN(C)C. The third kappa shape index (κ3) is 3.06. The van der Waals surface area contributed by atoms with Crippen LogP contribution in [0.2, 0.25) is 0 Å². The van der Waals surface area contributed by atoms with Crippen LogP contribution in [0.5, 0.6) is 0 Å². The standard InChI is InChI=1S/C17H20N2O/c1-12-8-9-13(17(18)20)10-16(12)15-7-5-4-6-14(15)11-19(2)3/h4-10H,11H2,1-3H3,(H2,18,20). The lowest BCUT2D eigenvalue weighted by Crippen LogP contribution is -2.12. The van der Waals surface area contributed by atoms with E-state index in [4.69, 9.17) is 5.73 Å². The lowest BCUT2D eigenvalue weighted by molar-refractivity contribution is 0.100. The van der Waals surface area contributed by atoms with Crippen molar-refractivity contribution in [2.45, 2.75) is 13.5 Å².